The standard InChI is InChI=1S/C14H11F8N3OS/c1-7-3-8(2)10(27(26)5-12(15,16)17)4-9(7)25-6-23-11(24-25)13(18,19)14(20,21)22/h3-4,6H,5H2,1-2H3. The van der Waals surface area contributed by atoms with Gasteiger partial charge in [0, 0.05) is 11.6 Å². The Morgan fingerprint density at radius 2 is 1.59 bits per heavy atom. The summed E-state index contributed by atoms with van der Waals surface area (Å²) in [5.74, 6) is -8.75. The van der Waals surface area contributed by atoms with E-state index in [0.717, 1.165) is 6.07 Å². The minimum Gasteiger partial charge on any atom is -0.611 e. The van der Waals surface area contributed by atoms with E-state index >= 15 is 0 Å². The predicted molar refractivity (Wildman–Crippen MR) is 78.1 cm³/mol. The van der Waals surface area contributed by atoms with Crippen molar-refractivity contribution in [3.8, 4) is 5.69 Å². The molecule has 0 fully saturated rings. The first kappa shape index (κ1) is 21.4. The zero-order valence-electron chi connectivity index (χ0n) is 13.6. The summed E-state index contributed by atoms with van der Waals surface area (Å²) in [6.45, 7) is 2.83. The van der Waals surface area contributed by atoms with Crippen LogP contribution >= 0.6 is 0 Å². The molecule has 0 aliphatic heterocycles. The van der Waals surface area contributed by atoms with Crippen LogP contribution in [-0.2, 0) is 17.1 Å². The van der Waals surface area contributed by atoms with Crippen LogP contribution in [0.3, 0.4) is 0 Å². The molecular formula is C14H11F8N3OS. The third-order valence-corrected chi connectivity index (χ3v) is 4.93. The monoisotopic (exact) mass is 421 g/mol. The van der Waals surface area contributed by atoms with Crippen LogP contribution in [0, 0.1) is 13.8 Å². The van der Waals surface area contributed by atoms with E-state index < -0.39 is 41.0 Å². The number of rotatable bonds is 4. The Morgan fingerprint density at radius 3 is 2.11 bits per heavy atom. The zero-order valence-corrected chi connectivity index (χ0v) is 14.4. The molecule has 0 aliphatic carbocycles. The van der Waals surface area contributed by atoms with E-state index in [0.29, 0.717) is 16.6 Å². The molecule has 0 aliphatic rings. The third kappa shape index (κ3) is 4.51. The van der Waals surface area contributed by atoms with Gasteiger partial charge in [-0.2, -0.15) is 35.1 Å². The van der Waals surface area contributed by atoms with Crippen LogP contribution in [0.15, 0.2) is 23.4 Å². The van der Waals surface area contributed by atoms with Gasteiger partial charge in [-0.15, -0.1) is 5.10 Å². The molecule has 0 saturated heterocycles. The first-order valence-corrected chi connectivity index (χ1v) is 8.39. The SMILES string of the molecule is Cc1cc(C)c([S+]([O-])CC(F)(F)F)cc1-n1cnc(C(F)(F)C(F)(F)F)n1. The highest BCUT2D eigenvalue weighted by Crippen LogP contribution is 2.42. The molecule has 0 amide bonds. The van der Waals surface area contributed by atoms with Gasteiger partial charge in [-0.05, 0) is 36.7 Å². The molecule has 1 heterocycles. The van der Waals surface area contributed by atoms with Crippen molar-refractivity contribution in [1.29, 1.82) is 0 Å². The topological polar surface area (TPSA) is 53.8 Å². The molecule has 0 N–H and O–H groups in total. The minimum absolute atomic E-state index is 0.122. The summed E-state index contributed by atoms with van der Waals surface area (Å²) in [4.78, 5) is 2.71. The molecule has 150 valence electrons. The Hall–Kier alpha value is -1.89. The van der Waals surface area contributed by atoms with Crippen LogP contribution in [-0.4, -0.2) is 37.4 Å². The molecule has 1 atom stereocenters. The van der Waals surface area contributed by atoms with Crippen molar-refractivity contribution in [2.24, 2.45) is 0 Å². The van der Waals surface area contributed by atoms with Crippen molar-refractivity contribution in [3.05, 3.63) is 35.4 Å². The van der Waals surface area contributed by atoms with E-state index in [1.54, 1.807) is 0 Å². The van der Waals surface area contributed by atoms with Crippen molar-refractivity contribution in [2.75, 3.05) is 5.75 Å². The lowest BCUT2D eigenvalue weighted by Crippen LogP contribution is -2.34. The van der Waals surface area contributed by atoms with Crippen molar-refractivity contribution in [1.82, 2.24) is 14.8 Å². The predicted octanol–water partition coefficient (Wildman–Crippen LogP) is 4.21. The highest BCUT2D eigenvalue weighted by atomic mass is 32.2. The third-order valence-electron chi connectivity index (χ3n) is 3.41. The number of nitrogens with zero attached hydrogens (tertiary/aromatic N) is 3. The largest absolute Gasteiger partial charge is 0.611 e. The number of hydrogen-bond donors (Lipinski definition) is 0. The first-order valence-electron chi connectivity index (χ1n) is 7.07. The Bertz CT molecular complexity index is 831. The van der Waals surface area contributed by atoms with Gasteiger partial charge in [0.05, 0.1) is 5.69 Å². The average molecular weight is 421 g/mol. The maximum atomic E-state index is 13.3. The fourth-order valence-electron chi connectivity index (χ4n) is 2.19. The molecule has 1 aromatic carbocycles. The molecule has 0 saturated carbocycles. The number of aryl methyl sites for hydroxylation is 2. The summed E-state index contributed by atoms with van der Waals surface area (Å²) in [5, 5.41) is 3.10. The van der Waals surface area contributed by atoms with Crippen molar-refractivity contribution in [3.63, 3.8) is 0 Å². The summed E-state index contributed by atoms with van der Waals surface area (Å²) in [6, 6.07) is 2.32. The summed E-state index contributed by atoms with van der Waals surface area (Å²) in [5.41, 5.74) is 0.412. The maximum absolute atomic E-state index is 13.3. The second-order valence-corrected chi connectivity index (χ2v) is 7.01. The Morgan fingerprint density at radius 1 is 1.00 bits per heavy atom. The summed E-state index contributed by atoms with van der Waals surface area (Å²) >= 11 is -2.50. The average Bonchev–Trinajstić information content (AvgIpc) is 2.94. The van der Waals surface area contributed by atoms with Gasteiger partial charge >= 0.3 is 18.3 Å². The Balaban J connectivity index is 2.47. The molecule has 27 heavy (non-hydrogen) atoms. The lowest BCUT2D eigenvalue weighted by molar-refractivity contribution is -0.292. The van der Waals surface area contributed by atoms with E-state index in [-0.39, 0.29) is 16.1 Å². The van der Waals surface area contributed by atoms with Crippen molar-refractivity contribution in [2.45, 2.75) is 37.0 Å². The van der Waals surface area contributed by atoms with E-state index in [9.17, 15) is 39.7 Å². The molecule has 2 aromatic rings. The molecule has 1 aromatic heterocycles. The first-order chi connectivity index (χ1) is 12.1. The highest BCUT2D eigenvalue weighted by Gasteiger charge is 2.61. The molecule has 0 spiro atoms. The van der Waals surface area contributed by atoms with Crippen molar-refractivity contribution >= 4 is 11.2 Å². The van der Waals surface area contributed by atoms with Crippen LogP contribution < -0.4 is 0 Å². The lowest BCUT2D eigenvalue weighted by atomic mass is 10.1. The van der Waals surface area contributed by atoms with E-state index in [2.05, 4.69) is 10.1 Å². The second kappa shape index (κ2) is 6.93. The normalized spacial score (nSPS) is 14.5. The fourth-order valence-corrected chi connectivity index (χ4v) is 3.30. The Labute approximate surface area is 150 Å². The molecule has 2 rings (SSSR count). The number of aromatic nitrogens is 3. The molecule has 4 nitrogen and oxygen atoms in total. The zero-order chi connectivity index (χ0) is 20.8. The summed E-state index contributed by atoms with van der Waals surface area (Å²) < 4.78 is 114. The summed E-state index contributed by atoms with van der Waals surface area (Å²) in [6.07, 6.45) is -10.1. The van der Waals surface area contributed by atoms with Crippen LogP contribution in [0.4, 0.5) is 35.1 Å². The maximum Gasteiger partial charge on any atom is 0.461 e. The van der Waals surface area contributed by atoms with E-state index in [1.807, 2.05) is 0 Å². The van der Waals surface area contributed by atoms with Gasteiger partial charge in [-0.1, -0.05) is 0 Å². The number of halogens is 8. The van der Waals surface area contributed by atoms with Crippen LogP contribution in [0.5, 0.6) is 0 Å². The van der Waals surface area contributed by atoms with Crippen LogP contribution in [0.25, 0.3) is 5.69 Å². The van der Waals surface area contributed by atoms with E-state index in [4.69, 9.17) is 0 Å². The molecular weight excluding hydrogens is 410 g/mol. The van der Waals surface area contributed by atoms with E-state index in [1.165, 1.54) is 19.9 Å². The smallest absolute Gasteiger partial charge is 0.461 e. The molecule has 1 unspecified atom stereocenters. The second-order valence-electron chi connectivity index (χ2n) is 5.59. The molecule has 13 heteroatoms. The Kier molecular flexibility index (Phi) is 5.49. The highest BCUT2D eigenvalue weighted by molar-refractivity contribution is 7.91. The molecule has 0 bridgehead atoms. The fraction of sp³-hybridized carbons (Fsp3) is 0.429. The van der Waals surface area contributed by atoms with Crippen LogP contribution in [0.2, 0.25) is 0 Å². The number of alkyl halides is 8. The summed E-state index contributed by atoms with van der Waals surface area (Å²) in [7, 11) is 0. The van der Waals surface area contributed by atoms with Gasteiger partial charge in [0.25, 0.3) is 0 Å². The molecule has 0 radical (unpaired) electrons. The number of benzene rings is 1. The van der Waals surface area contributed by atoms with Gasteiger partial charge in [-0.25, -0.2) is 9.67 Å². The quantitative estimate of drug-likeness (QED) is 0.549. The lowest BCUT2D eigenvalue weighted by Gasteiger charge is -2.17. The van der Waals surface area contributed by atoms with Crippen molar-refractivity contribution < 1.29 is 39.7 Å². The van der Waals surface area contributed by atoms with Gasteiger partial charge < -0.3 is 4.55 Å². The van der Waals surface area contributed by atoms with Gasteiger partial charge in [0.2, 0.25) is 11.6 Å². The minimum atomic E-state index is -5.92. The van der Waals surface area contributed by atoms with Gasteiger partial charge in [0.15, 0.2) is 4.90 Å². The van der Waals surface area contributed by atoms with Crippen LogP contribution in [0.1, 0.15) is 17.0 Å². The number of hydrogen-bond acceptors (Lipinski definition) is 3. The van der Waals surface area contributed by atoms with Gasteiger partial charge in [0.1, 0.15) is 6.33 Å². The van der Waals surface area contributed by atoms with Gasteiger partial charge in [-0.3, -0.25) is 0 Å².